The smallest absolute Gasteiger partial charge is 0.289 e. The van der Waals surface area contributed by atoms with Gasteiger partial charge in [-0.1, -0.05) is 0 Å². The molecule has 134 valence electrons. The van der Waals surface area contributed by atoms with Crippen LogP contribution in [0, 0.1) is 12.7 Å². The Morgan fingerprint density at radius 2 is 2.24 bits per heavy atom. The van der Waals surface area contributed by atoms with E-state index in [2.05, 4.69) is 0 Å². The number of ether oxygens (including phenoxy) is 2. The highest BCUT2D eigenvalue weighted by Gasteiger charge is 2.48. The Morgan fingerprint density at radius 1 is 1.40 bits per heavy atom. The van der Waals surface area contributed by atoms with Crippen molar-refractivity contribution in [1.82, 2.24) is 4.90 Å². The molecule has 1 amide bonds. The monoisotopic (exact) mass is 347 g/mol. The number of carbonyl (C=O) groups excluding carboxylic acids is 1. The van der Waals surface area contributed by atoms with Gasteiger partial charge in [-0.15, -0.1) is 0 Å². The fourth-order valence-corrected chi connectivity index (χ4v) is 4.13. The van der Waals surface area contributed by atoms with Crippen LogP contribution in [0.25, 0.3) is 11.0 Å². The minimum atomic E-state index is -0.340. The summed E-state index contributed by atoms with van der Waals surface area (Å²) in [7, 11) is 1.66. The predicted molar refractivity (Wildman–Crippen MR) is 90.1 cm³/mol. The molecule has 2 aromatic rings. The number of fused-ring (bicyclic) bond motifs is 1. The average molecular weight is 347 g/mol. The summed E-state index contributed by atoms with van der Waals surface area (Å²) < 4.78 is 30.8. The van der Waals surface area contributed by atoms with Crippen molar-refractivity contribution in [2.24, 2.45) is 0 Å². The first-order chi connectivity index (χ1) is 12.0. The third-order valence-electron chi connectivity index (χ3n) is 5.58. The molecule has 0 bridgehead atoms. The number of nitrogens with zero attached hydrogens (tertiary/aromatic N) is 1. The lowest BCUT2D eigenvalue weighted by molar-refractivity contribution is -0.136. The molecule has 1 aromatic carbocycles. The molecule has 0 radical (unpaired) electrons. The van der Waals surface area contributed by atoms with Gasteiger partial charge in [0.25, 0.3) is 5.91 Å². The zero-order valence-corrected chi connectivity index (χ0v) is 14.5. The standard InChI is InChI=1S/C19H22FNO4/c1-12-14-10-13(20)4-5-15(14)25-17(12)18(22)21-8-7-19(6-3-9-24-19)16(11-21)23-2/h4-5,10,16H,3,6-9,11H2,1-2H3/t16-,19-/m0/s1. The molecule has 6 heteroatoms. The summed E-state index contributed by atoms with van der Waals surface area (Å²) in [4.78, 5) is 14.7. The van der Waals surface area contributed by atoms with Crippen molar-refractivity contribution in [1.29, 1.82) is 0 Å². The summed E-state index contributed by atoms with van der Waals surface area (Å²) in [6.45, 7) is 3.61. The van der Waals surface area contributed by atoms with Crippen molar-refractivity contribution in [3.8, 4) is 0 Å². The Labute approximate surface area is 145 Å². The Balaban J connectivity index is 1.60. The number of rotatable bonds is 2. The van der Waals surface area contributed by atoms with Crippen LogP contribution in [0.3, 0.4) is 0 Å². The second-order valence-electron chi connectivity index (χ2n) is 6.94. The van der Waals surface area contributed by atoms with Crippen molar-refractivity contribution >= 4 is 16.9 Å². The zero-order chi connectivity index (χ0) is 17.6. The Bertz CT molecular complexity index is 809. The number of amides is 1. The average Bonchev–Trinajstić information content (AvgIpc) is 3.21. The zero-order valence-electron chi connectivity index (χ0n) is 14.5. The third kappa shape index (κ3) is 2.64. The van der Waals surface area contributed by atoms with Crippen LogP contribution in [0.4, 0.5) is 4.39 Å². The molecule has 4 rings (SSSR count). The normalized spacial score (nSPS) is 26.7. The lowest BCUT2D eigenvalue weighted by Crippen LogP contribution is -2.57. The van der Waals surface area contributed by atoms with Gasteiger partial charge >= 0.3 is 0 Å². The van der Waals surface area contributed by atoms with E-state index >= 15 is 0 Å². The van der Waals surface area contributed by atoms with E-state index < -0.39 is 0 Å². The molecular weight excluding hydrogens is 325 g/mol. The van der Waals surface area contributed by atoms with Crippen molar-refractivity contribution in [2.75, 3.05) is 26.8 Å². The number of benzene rings is 1. The largest absolute Gasteiger partial charge is 0.451 e. The van der Waals surface area contributed by atoms with Crippen molar-refractivity contribution in [3.05, 3.63) is 35.3 Å². The molecule has 25 heavy (non-hydrogen) atoms. The van der Waals surface area contributed by atoms with Crippen molar-refractivity contribution in [2.45, 2.75) is 37.9 Å². The number of carbonyl (C=O) groups is 1. The number of hydrogen-bond donors (Lipinski definition) is 0. The molecule has 2 fully saturated rings. The number of furan rings is 1. The first-order valence-electron chi connectivity index (χ1n) is 8.69. The number of likely N-dealkylation sites (tertiary alicyclic amines) is 1. The van der Waals surface area contributed by atoms with E-state index in [0.717, 1.165) is 25.9 Å². The van der Waals surface area contributed by atoms with E-state index in [4.69, 9.17) is 13.9 Å². The number of halogens is 1. The molecule has 2 aliphatic heterocycles. The highest BCUT2D eigenvalue weighted by Crippen LogP contribution is 2.38. The Hall–Kier alpha value is -1.92. The number of aryl methyl sites for hydroxylation is 1. The molecule has 0 aliphatic carbocycles. The van der Waals surface area contributed by atoms with E-state index in [1.54, 1.807) is 25.0 Å². The maximum absolute atomic E-state index is 13.5. The number of piperidine rings is 1. The van der Waals surface area contributed by atoms with Crippen molar-refractivity contribution in [3.63, 3.8) is 0 Å². The quantitative estimate of drug-likeness (QED) is 0.836. The summed E-state index contributed by atoms with van der Waals surface area (Å²) in [5, 5.41) is 0.638. The van der Waals surface area contributed by atoms with E-state index in [1.165, 1.54) is 12.1 Å². The van der Waals surface area contributed by atoms with Crippen LogP contribution in [-0.2, 0) is 9.47 Å². The molecule has 2 atom stereocenters. The maximum Gasteiger partial charge on any atom is 0.289 e. The SMILES string of the molecule is CO[C@H]1CN(C(=O)c2oc3ccc(F)cc3c2C)CC[C@@]12CCCO2. The highest BCUT2D eigenvalue weighted by atomic mass is 19.1. The number of hydrogen-bond acceptors (Lipinski definition) is 4. The van der Waals surface area contributed by atoms with Crippen LogP contribution < -0.4 is 0 Å². The summed E-state index contributed by atoms with van der Waals surface area (Å²) in [5.74, 6) is -0.240. The summed E-state index contributed by atoms with van der Waals surface area (Å²) >= 11 is 0. The van der Waals surface area contributed by atoms with Crippen LogP contribution in [0.2, 0.25) is 0 Å². The lowest BCUT2D eigenvalue weighted by atomic mass is 9.85. The molecule has 2 saturated heterocycles. The molecule has 1 aromatic heterocycles. The van der Waals surface area contributed by atoms with Gasteiger partial charge < -0.3 is 18.8 Å². The second kappa shape index (κ2) is 6.11. The molecule has 1 spiro atoms. The molecule has 5 nitrogen and oxygen atoms in total. The van der Waals surface area contributed by atoms with Gasteiger partial charge in [0.1, 0.15) is 17.5 Å². The second-order valence-corrected chi connectivity index (χ2v) is 6.94. The van der Waals surface area contributed by atoms with Crippen LogP contribution in [0.5, 0.6) is 0 Å². The van der Waals surface area contributed by atoms with E-state index in [0.29, 0.717) is 29.6 Å². The van der Waals surface area contributed by atoms with E-state index in [9.17, 15) is 9.18 Å². The van der Waals surface area contributed by atoms with Crippen LogP contribution in [0.1, 0.15) is 35.4 Å². The summed E-state index contributed by atoms with van der Waals surface area (Å²) in [6.07, 6.45) is 2.61. The number of methoxy groups -OCH3 is 1. The Morgan fingerprint density at radius 3 is 2.96 bits per heavy atom. The van der Waals surface area contributed by atoms with E-state index in [1.807, 2.05) is 0 Å². The molecule has 0 saturated carbocycles. The van der Waals surface area contributed by atoms with Gasteiger partial charge in [-0.3, -0.25) is 4.79 Å². The molecule has 2 aliphatic rings. The van der Waals surface area contributed by atoms with Gasteiger partial charge in [0, 0.05) is 31.2 Å². The van der Waals surface area contributed by atoms with Crippen LogP contribution in [0.15, 0.2) is 22.6 Å². The van der Waals surface area contributed by atoms with Gasteiger partial charge in [-0.05, 0) is 44.4 Å². The fraction of sp³-hybridized carbons (Fsp3) is 0.526. The van der Waals surface area contributed by atoms with E-state index in [-0.39, 0.29) is 29.2 Å². The predicted octanol–water partition coefficient (Wildman–Crippen LogP) is 3.29. The lowest BCUT2D eigenvalue weighted by Gasteiger charge is -2.44. The molecular formula is C19H22FNO4. The Kier molecular flexibility index (Phi) is 4.04. The van der Waals surface area contributed by atoms with Gasteiger partial charge in [0.2, 0.25) is 0 Å². The molecule has 0 N–H and O–H groups in total. The maximum atomic E-state index is 13.5. The molecule has 0 unspecified atom stereocenters. The first-order valence-corrected chi connectivity index (χ1v) is 8.69. The topological polar surface area (TPSA) is 51.9 Å². The summed E-state index contributed by atoms with van der Waals surface area (Å²) in [5.41, 5.74) is 0.932. The highest BCUT2D eigenvalue weighted by molar-refractivity contribution is 5.99. The van der Waals surface area contributed by atoms with Gasteiger partial charge in [-0.25, -0.2) is 4.39 Å². The van der Waals surface area contributed by atoms with Crippen LogP contribution in [-0.4, -0.2) is 49.3 Å². The minimum absolute atomic E-state index is 0.144. The summed E-state index contributed by atoms with van der Waals surface area (Å²) in [6, 6.07) is 4.30. The fourth-order valence-electron chi connectivity index (χ4n) is 4.13. The van der Waals surface area contributed by atoms with Gasteiger partial charge in [-0.2, -0.15) is 0 Å². The van der Waals surface area contributed by atoms with Crippen molar-refractivity contribution < 1.29 is 23.1 Å². The van der Waals surface area contributed by atoms with Crippen LogP contribution >= 0.6 is 0 Å². The third-order valence-corrected chi connectivity index (χ3v) is 5.58. The molecule has 3 heterocycles. The van der Waals surface area contributed by atoms with Gasteiger partial charge in [0.15, 0.2) is 5.76 Å². The minimum Gasteiger partial charge on any atom is -0.451 e. The van der Waals surface area contributed by atoms with Gasteiger partial charge in [0.05, 0.1) is 12.1 Å². The first kappa shape index (κ1) is 16.5.